The molecule has 0 radical (unpaired) electrons. The molecule has 7 nitrogen and oxygen atoms in total. The molecule has 1 aliphatic carbocycles. The SMILES string of the molecule is C[C@@H](Nc1c(NC=O)nnc2cc(-c3cccc(CS(=O)[O-])c3)ccc12)C1CC1. The van der Waals surface area contributed by atoms with Crippen LogP contribution >= 0.6 is 0 Å². The molecule has 1 aliphatic rings. The third kappa shape index (κ3) is 4.44. The molecular formula is C21H21N4O3S-. The molecule has 0 aliphatic heterocycles. The van der Waals surface area contributed by atoms with Crippen LogP contribution in [0.3, 0.4) is 0 Å². The number of hydrogen-bond acceptors (Lipinski definition) is 6. The van der Waals surface area contributed by atoms with Crippen molar-refractivity contribution in [2.24, 2.45) is 5.92 Å². The van der Waals surface area contributed by atoms with Crippen LogP contribution in [-0.4, -0.2) is 31.4 Å². The summed E-state index contributed by atoms with van der Waals surface area (Å²) < 4.78 is 22.0. The van der Waals surface area contributed by atoms with Gasteiger partial charge in [-0.1, -0.05) is 41.4 Å². The van der Waals surface area contributed by atoms with E-state index in [-0.39, 0.29) is 11.8 Å². The van der Waals surface area contributed by atoms with E-state index >= 15 is 0 Å². The second kappa shape index (κ2) is 8.26. The summed E-state index contributed by atoms with van der Waals surface area (Å²) in [7, 11) is 0. The predicted molar refractivity (Wildman–Crippen MR) is 113 cm³/mol. The lowest BCUT2D eigenvalue weighted by Gasteiger charge is -2.18. The molecule has 1 aromatic heterocycles. The second-order valence-electron chi connectivity index (χ2n) is 7.34. The molecule has 2 aromatic carbocycles. The zero-order valence-electron chi connectivity index (χ0n) is 15.9. The zero-order valence-corrected chi connectivity index (χ0v) is 16.7. The van der Waals surface area contributed by atoms with Crippen molar-refractivity contribution in [1.82, 2.24) is 10.2 Å². The van der Waals surface area contributed by atoms with Crippen molar-refractivity contribution in [3.63, 3.8) is 0 Å². The van der Waals surface area contributed by atoms with Gasteiger partial charge in [-0.25, -0.2) is 0 Å². The van der Waals surface area contributed by atoms with Gasteiger partial charge in [0, 0.05) is 17.2 Å². The maximum atomic E-state index is 11.0. The maximum absolute atomic E-state index is 11.0. The summed E-state index contributed by atoms with van der Waals surface area (Å²) in [5.74, 6) is 1.03. The van der Waals surface area contributed by atoms with Crippen LogP contribution in [0.1, 0.15) is 25.3 Å². The van der Waals surface area contributed by atoms with Crippen molar-refractivity contribution in [2.45, 2.75) is 31.6 Å². The summed E-state index contributed by atoms with van der Waals surface area (Å²) in [6.45, 7) is 2.13. The van der Waals surface area contributed by atoms with Gasteiger partial charge >= 0.3 is 0 Å². The zero-order chi connectivity index (χ0) is 20.4. The second-order valence-corrected chi connectivity index (χ2v) is 8.23. The Kier molecular flexibility index (Phi) is 5.55. The number of amides is 1. The molecule has 0 saturated heterocycles. The number of rotatable bonds is 8. The summed E-state index contributed by atoms with van der Waals surface area (Å²) in [6, 6.07) is 13.5. The molecule has 1 saturated carbocycles. The van der Waals surface area contributed by atoms with Crippen molar-refractivity contribution < 1.29 is 13.6 Å². The van der Waals surface area contributed by atoms with Gasteiger partial charge in [-0.05, 0) is 54.5 Å². The third-order valence-electron chi connectivity index (χ3n) is 5.20. The van der Waals surface area contributed by atoms with Gasteiger partial charge in [0.15, 0.2) is 5.82 Å². The molecule has 3 aromatic rings. The predicted octanol–water partition coefficient (Wildman–Crippen LogP) is 3.45. The molecule has 1 amide bonds. The number of fused-ring (bicyclic) bond motifs is 1. The number of carbonyl (C=O) groups is 1. The number of nitrogens with one attached hydrogen (secondary N) is 2. The lowest BCUT2D eigenvalue weighted by atomic mass is 10.0. The van der Waals surface area contributed by atoms with E-state index in [4.69, 9.17) is 0 Å². The monoisotopic (exact) mass is 409 g/mol. The molecule has 1 heterocycles. The molecule has 29 heavy (non-hydrogen) atoms. The van der Waals surface area contributed by atoms with Crippen molar-refractivity contribution in [3.05, 3.63) is 48.0 Å². The Morgan fingerprint density at radius 3 is 2.72 bits per heavy atom. The standard InChI is InChI=1S/C21H22N4O3S/c1-13(15-5-6-15)23-20-18-8-7-17(10-19(18)24-25-21(20)22-12-26)16-4-2-3-14(9-16)11-29(27)28/h2-4,7-10,12-13,15H,5-6,11H2,1H3,(H,23,24)(H,27,28)(H,22,25,26)/p-1/t13-/m1/s1. The Morgan fingerprint density at radius 1 is 1.21 bits per heavy atom. The van der Waals surface area contributed by atoms with Gasteiger partial charge in [-0.15, -0.1) is 10.2 Å². The van der Waals surface area contributed by atoms with Gasteiger partial charge in [0.25, 0.3) is 0 Å². The van der Waals surface area contributed by atoms with Crippen LogP contribution in [-0.2, 0) is 21.6 Å². The average Bonchev–Trinajstić information content (AvgIpc) is 3.54. The molecule has 2 N–H and O–H groups in total. The van der Waals surface area contributed by atoms with E-state index in [1.165, 1.54) is 12.8 Å². The van der Waals surface area contributed by atoms with Crippen LogP contribution in [0.25, 0.3) is 22.0 Å². The maximum Gasteiger partial charge on any atom is 0.212 e. The fourth-order valence-electron chi connectivity index (χ4n) is 3.51. The van der Waals surface area contributed by atoms with E-state index in [0.29, 0.717) is 23.7 Å². The quantitative estimate of drug-likeness (QED) is 0.436. The summed E-state index contributed by atoms with van der Waals surface area (Å²) in [5, 5.41) is 15.5. The number of carbonyl (C=O) groups excluding carboxylic acids is 1. The van der Waals surface area contributed by atoms with Crippen LogP contribution in [0.4, 0.5) is 11.5 Å². The Morgan fingerprint density at radius 2 is 2.00 bits per heavy atom. The fourth-order valence-corrected chi connectivity index (χ4v) is 3.96. The highest BCUT2D eigenvalue weighted by Crippen LogP contribution is 2.37. The number of anilines is 2. The topological polar surface area (TPSA) is 107 Å². The lowest BCUT2D eigenvalue weighted by Crippen LogP contribution is -2.19. The van der Waals surface area contributed by atoms with Crippen LogP contribution in [0.15, 0.2) is 42.5 Å². The van der Waals surface area contributed by atoms with Gasteiger partial charge in [0.05, 0.1) is 11.2 Å². The minimum absolute atomic E-state index is 0.0188. The molecule has 1 unspecified atom stereocenters. The van der Waals surface area contributed by atoms with Gasteiger partial charge in [0.1, 0.15) is 0 Å². The number of aromatic nitrogens is 2. The summed E-state index contributed by atoms with van der Waals surface area (Å²) in [6.07, 6.45) is 3.01. The third-order valence-corrected chi connectivity index (χ3v) is 5.77. The Balaban J connectivity index is 1.73. The highest BCUT2D eigenvalue weighted by atomic mass is 32.2. The molecule has 1 fully saturated rings. The van der Waals surface area contributed by atoms with E-state index in [1.54, 1.807) is 6.07 Å². The summed E-state index contributed by atoms with van der Waals surface area (Å²) >= 11 is -2.13. The van der Waals surface area contributed by atoms with Crippen LogP contribution in [0.2, 0.25) is 0 Å². The molecule has 4 rings (SSSR count). The Bertz CT molecular complexity index is 1080. The van der Waals surface area contributed by atoms with Crippen LogP contribution in [0.5, 0.6) is 0 Å². The minimum Gasteiger partial charge on any atom is -0.772 e. The van der Waals surface area contributed by atoms with Gasteiger partial charge in [-0.3, -0.25) is 9.00 Å². The number of nitrogens with zero attached hydrogens (tertiary/aromatic N) is 2. The summed E-state index contributed by atoms with van der Waals surface area (Å²) in [5.41, 5.74) is 4.02. The van der Waals surface area contributed by atoms with Crippen molar-refractivity contribution in [1.29, 1.82) is 0 Å². The van der Waals surface area contributed by atoms with Crippen LogP contribution in [0, 0.1) is 5.92 Å². The smallest absolute Gasteiger partial charge is 0.212 e. The molecule has 2 atom stereocenters. The van der Waals surface area contributed by atoms with E-state index in [2.05, 4.69) is 27.8 Å². The fraction of sp³-hybridized carbons (Fsp3) is 0.286. The van der Waals surface area contributed by atoms with Crippen molar-refractivity contribution in [2.75, 3.05) is 10.6 Å². The van der Waals surface area contributed by atoms with Crippen molar-refractivity contribution in [3.8, 4) is 11.1 Å². The number of hydrogen-bond donors (Lipinski definition) is 2. The highest BCUT2D eigenvalue weighted by molar-refractivity contribution is 7.78. The molecule has 0 bridgehead atoms. The van der Waals surface area contributed by atoms with E-state index in [1.807, 2.05) is 36.4 Å². The van der Waals surface area contributed by atoms with Gasteiger partial charge in [-0.2, -0.15) is 0 Å². The first-order chi connectivity index (χ1) is 14.0. The first-order valence-corrected chi connectivity index (χ1v) is 10.7. The largest absolute Gasteiger partial charge is 0.772 e. The van der Waals surface area contributed by atoms with Crippen LogP contribution < -0.4 is 10.6 Å². The summed E-state index contributed by atoms with van der Waals surface area (Å²) in [4.78, 5) is 11.0. The lowest BCUT2D eigenvalue weighted by molar-refractivity contribution is -0.105. The molecule has 150 valence electrons. The average molecular weight is 409 g/mol. The minimum atomic E-state index is -2.13. The molecule has 0 spiro atoms. The van der Waals surface area contributed by atoms with Gasteiger partial charge in [0.2, 0.25) is 6.41 Å². The molecular weight excluding hydrogens is 388 g/mol. The Hall–Kier alpha value is -2.84. The first kappa shape index (κ1) is 19.5. The number of benzene rings is 2. The van der Waals surface area contributed by atoms with Gasteiger partial charge < -0.3 is 15.2 Å². The van der Waals surface area contributed by atoms with Crippen molar-refractivity contribution >= 4 is 39.9 Å². The van der Waals surface area contributed by atoms with E-state index in [0.717, 1.165) is 27.8 Å². The Labute approximate surface area is 171 Å². The normalized spacial score (nSPS) is 15.7. The van der Waals surface area contributed by atoms with E-state index < -0.39 is 11.1 Å². The molecule has 8 heteroatoms. The van der Waals surface area contributed by atoms with E-state index in [9.17, 15) is 13.6 Å². The first-order valence-electron chi connectivity index (χ1n) is 9.47. The highest BCUT2D eigenvalue weighted by Gasteiger charge is 2.29.